The van der Waals surface area contributed by atoms with Gasteiger partial charge in [-0.2, -0.15) is 17.6 Å². The van der Waals surface area contributed by atoms with E-state index in [2.05, 4.69) is 4.74 Å². The lowest BCUT2D eigenvalue weighted by Crippen LogP contribution is -2.41. The summed E-state index contributed by atoms with van der Waals surface area (Å²) in [6, 6.07) is 4.04. The van der Waals surface area contributed by atoms with Crippen LogP contribution in [0.4, 0.5) is 26.3 Å². The number of carbonyl (C=O) groups excluding carboxylic acids is 1. The fraction of sp³-hybridized carbons (Fsp3) is 0.278. The summed E-state index contributed by atoms with van der Waals surface area (Å²) >= 11 is 0. The summed E-state index contributed by atoms with van der Waals surface area (Å²) in [5.74, 6) is -14.1. The molecule has 2 nitrogen and oxygen atoms in total. The predicted molar refractivity (Wildman–Crippen MR) is 80.3 cm³/mol. The van der Waals surface area contributed by atoms with Crippen LogP contribution in [0.25, 0.3) is 11.1 Å². The third kappa shape index (κ3) is 2.31. The maximum atomic E-state index is 14.6. The van der Waals surface area contributed by atoms with Crippen molar-refractivity contribution in [1.29, 1.82) is 0 Å². The zero-order valence-corrected chi connectivity index (χ0v) is 13.4. The van der Waals surface area contributed by atoms with E-state index in [-0.39, 0.29) is 18.5 Å². The third-order valence-corrected chi connectivity index (χ3v) is 4.34. The van der Waals surface area contributed by atoms with Crippen molar-refractivity contribution in [2.45, 2.75) is 31.6 Å². The summed E-state index contributed by atoms with van der Waals surface area (Å²) in [7, 11) is 0. The van der Waals surface area contributed by atoms with Gasteiger partial charge in [0.2, 0.25) is 0 Å². The van der Waals surface area contributed by atoms with Crippen molar-refractivity contribution in [3.05, 3.63) is 52.6 Å². The van der Waals surface area contributed by atoms with Gasteiger partial charge in [0.05, 0.1) is 11.1 Å². The third-order valence-electron chi connectivity index (χ3n) is 4.34. The van der Waals surface area contributed by atoms with Gasteiger partial charge in [0, 0.05) is 0 Å². The quantitative estimate of drug-likeness (QED) is 0.535. The van der Waals surface area contributed by atoms with Crippen LogP contribution in [0.1, 0.15) is 30.0 Å². The van der Waals surface area contributed by atoms with Crippen LogP contribution in [-0.2, 0) is 23.1 Å². The van der Waals surface area contributed by atoms with Gasteiger partial charge in [0.25, 0.3) is 6.47 Å². The van der Waals surface area contributed by atoms with Crippen LogP contribution < -0.4 is 4.74 Å². The lowest BCUT2D eigenvalue weighted by atomic mass is 9.79. The van der Waals surface area contributed by atoms with Gasteiger partial charge in [-0.1, -0.05) is 25.5 Å². The minimum absolute atomic E-state index is 0.0914. The molecule has 1 aliphatic carbocycles. The molecule has 0 N–H and O–H groups in total. The minimum atomic E-state index is -5.03. The highest BCUT2D eigenvalue weighted by Gasteiger charge is 2.65. The molecule has 0 amide bonds. The molecule has 0 saturated carbocycles. The summed E-state index contributed by atoms with van der Waals surface area (Å²) in [5.41, 5.74) is -4.30. The zero-order chi connectivity index (χ0) is 19.3. The summed E-state index contributed by atoms with van der Waals surface area (Å²) < 4.78 is 91.4. The van der Waals surface area contributed by atoms with Gasteiger partial charge in [0.15, 0.2) is 11.6 Å². The second-order valence-corrected chi connectivity index (χ2v) is 5.87. The van der Waals surface area contributed by atoms with Crippen molar-refractivity contribution in [3.63, 3.8) is 0 Å². The normalized spacial score (nSPS) is 16.6. The zero-order valence-electron chi connectivity index (χ0n) is 13.4. The fourth-order valence-electron chi connectivity index (χ4n) is 3.16. The molecule has 0 spiro atoms. The lowest BCUT2D eigenvalue weighted by Gasteiger charge is -2.35. The van der Waals surface area contributed by atoms with Crippen LogP contribution in [0.15, 0.2) is 24.3 Å². The number of rotatable bonds is 4. The molecule has 0 fully saturated rings. The number of fused-ring (bicyclic) bond motifs is 3. The number of hydrogen-bond donors (Lipinski definition) is 0. The van der Waals surface area contributed by atoms with Crippen molar-refractivity contribution in [2.24, 2.45) is 0 Å². The lowest BCUT2D eigenvalue weighted by molar-refractivity contribution is -0.227. The number of aryl methyl sites for hydroxylation is 1. The molecule has 3 rings (SSSR count). The van der Waals surface area contributed by atoms with E-state index >= 15 is 0 Å². The Morgan fingerprint density at radius 3 is 2.00 bits per heavy atom. The summed E-state index contributed by atoms with van der Waals surface area (Å²) in [5, 5.41) is 0. The Hall–Kier alpha value is -2.51. The number of carbonyl (C=O) groups is 1. The van der Waals surface area contributed by atoms with Gasteiger partial charge < -0.3 is 4.74 Å². The van der Waals surface area contributed by atoms with Crippen molar-refractivity contribution >= 4 is 6.47 Å². The van der Waals surface area contributed by atoms with E-state index in [0.717, 1.165) is 18.2 Å². The SMILES string of the molecule is CCCc1ccc2c(c1F)C(F)(F)C(F)(F)c1c-2ccc(OC=O)c1F. The molecule has 8 heteroatoms. The van der Waals surface area contributed by atoms with Crippen molar-refractivity contribution in [2.75, 3.05) is 0 Å². The molecular weight excluding hydrogens is 362 g/mol. The highest BCUT2D eigenvalue weighted by molar-refractivity contribution is 5.77. The van der Waals surface area contributed by atoms with Crippen LogP contribution in [-0.4, -0.2) is 6.47 Å². The minimum Gasteiger partial charge on any atom is -0.426 e. The molecule has 2 aromatic rings. The van der Waals surface area contributed by atoms with Crippen LogP contribution in [0.3, 0.4) is 0 Å². The second-order valence-electron chi connectivity index (χ2n) is 5.87. The highest BCUT2D eigenvalue weighted by atomic mass is 19.3. The van der Waals surface area contributed by atoms with Crippen molar-refractivity contribution < 1.29 is 35.9 Å². The first-order chi connectivity index (χ1) is 12.2. The van der Waals surface area contributed by atoms with Gasteiger partial charge in [-0.15, -0.1) is 0 Å². The topological polar surface area (TPSA) is 26.3 Å². The first-order valence-electron chi connectivity index (χ1n) is 7.69. The average molecular weight is 374 g/mol. The smallest absolute Gasteiger partial charge is 0.343 e. The molecule has 26 heavy (non-hydrogen) atoms. The molecule has 138 valence electrons. The van der Waals surface area contributed by atoms with E-state index in [1.54, 1.807) is 6.92 Å². The Morgan fingerprint density at radius 2 is 1.46 bits per heavy atom. The van der Waals surface area contributed by atoms with Crippen LogP contribution in [0.5, 0.6) is 5.75 Å². The Balaban J connectivity index is 2.39. The number of alkyl halides is 4. The summed E-state index contributed by atoms with van der Waals surface area (Å²) in [6.45, 7) is 1.47. The highest BCUT2D eigenvalue weighted by Crippen LogP contribution is 2.59. The van der Waals surface area contributed by atoms with Gasteiger partial charge in [-0.05, 0) is 35.2 Å². The molecule has 0 bridgehead atoms. The molecule has 0 aliphatic heterocycles. The first kappa shape index (κ1) is 18.3. The molecular formula is C18H12F6O2. The van der Waals surface area contributed by atoms with E-state index < -0.39 is 51.5 Å². The number of hydrogen-bond acceptors (Lipinski definition) is 2. The van der Waals surface area contributed by atoms with Crippen LogP contribution in [0.2, 0.25) is 0 Å². The summed E-state index contributed by atoms with van der Waals surface area (Å²) in [4.78, 5) is 10.4. The van der Waals surface area contributed by atoms with Gasteiger partial charge in [-0.3, -0.25) is 4.79 Å². The maximum absolute atomic E-state index is 14.6. The number of halogens is 6. The summed E-state index contributed by atoms with van der Waals surface area (Å²) in [6.07, 6.45) is 0.517. The van der Waals surface area contributed by atoms with E-state index in [1.165, 1.54) is 6.07 Å². The van der Waals surface area contributed by atoms with Gasteiger partial charge in [0.1, 0.15) is 5.82 Å². The molecule has 0 aromatic heterocycles. The molecule has 0 saturated heterocycles. The van der Waals surface area contributed by atoms with Crippen LogP contribution in [0, 0.1) is 11.6 Å². The van der Waals surface area contributed by atoms with Crippen LogP contribution >= 0.6 is 0 Å². The molecule has 0 heterocycles. The Morgan fingerprint density at radius 1 is 0.923 bits per heavy atom. The maximum Gasteiger partial charge on any atom is 0.343 e. The average Bonchev–Trinajstić information content (AvgIpc) is 2.57. The second kappa shape index (κ2) is 6.03. The van der Waals surface area contributed by atoms with E-state index in [4.69, 9.17) is 0 Å². The van der Waals surface area contributed by atoms with Crippen molar-refractivity contribution in [3.8, 4) is 16.9 Å². The Bertz CT molecular complexity index is 892. The van der Waals surface area contributed by atoms with Gasteiger partial charge in [-0.25, -0.2) is 8.78 Å². The standard InChI is InChI=1S/C18H12F6O2/c1-2-3-9-4-5-10-11-6-7-12(26-8-25)16(20)14(11)18(23,24)17(21,22)13(10)15(9)19/h4-8H,2-3H2,1H3. The monoisotopic (exact) mass is 374 g/mol. The molecule has 0 radical (unpaired) electrons. The van der Waals surface area contributed by atoms with E-state index in [1.807, 2.05) is 0 Å². The molecule has 2 aromatic carbocycles. The Labute approximate surface area is 144 Å². The van der Waals surface area contributed by atoms with Crippen molar-refractivity contribution in [1.82, 2.24) is 0 Å². The Kier molecular flexibility index (Phi) is 4.24. The molecule has 0 atom stereocenters. The van der Waals surface area contributed by atoms with E-state index in [0.29, 0.717) is 6.42 Å². The first-order valence-corrected chi connectivity index (χ1v) is 7.69. The molecule has 1 aliphatic rings. The predicted octanol–water partition coefficient (Wildman–Crippen LogP) is 5.32. The van der Waals surface area contributed by atoms with E-state index in [9.17, 15) is 31.1 Å². The fourth-order valence-corrected chi connectivity index (χ4v) is 3.16. The number of benzene rings is 2. The van der Waals surface area contributed by atoms with Gasteiger partial charge >= 0.3 is 11.8 Å². The number of ether oxygens (including phenoxy) is 1. The molecule has 0 unspecified atom stereocenters. The largest absolute Gasteiger partial charge is 0.426 e.